The van der Waals surface area contributed by atoms with Gasteiger partial charge in [0.1, 0.15) is 5.82 Å². The van der Waals surface area contributed by atoms with Gasteiger partial charge < -0.3 is 10.1 Å². The summed E-state index contributed by atoms with van der Waals surface area (Å²) < 4.78 is 5.73. The number of nitrogens with one attached hydrogen (secondary N) is 1. The van der Waals surface area contributed by atoms with Gasteiger partial charge in [-0.25, -0.2) is 4.98 Å². The van der Waals surface area contributed by atoms with Crippen molar-refractivity contribution in [1.29, 1.82) is 0 Å². The third-order valence-electron chi connectivity index (χ3n) is 3.68. The highest BCUT2D eigenvalue weighted by Gasteiger charge is 2.18. The molecule has 1 N–H and O–H groups in total. The lowest BCUT2D eigenvalue weighted by molar-refractivity contribution is 0.0721. The molecule has 0 bridgehead atoms. The smallest absolute Gasteiger partial charge is 0.126 e. The number of pyridine rings is 1. The van der Waals surface area contributed by atoms with Crippen LogP contribution in [0.3, 0.4) is 0 Å². The molecule has 0 radical (unpaired) electrons. The summed E-state index contributed by atoms with van der Waals surface area (Å²) in [5.74, 6) is 0.984. The maximum absolute atomic E-state index is 5.73. The van der Waals surface area contributed by atoms with E-state index >= 15 is 0 Å². The normalized spacial score (nSPS) is 18.6. The Hall–Kier alpha value is -1.13. The predicted molar refractivity (Wildman–Crippen MR) is 82.9 cm³/mol. The van der Waals surface area contributed by atoms with Crippen molar-refractivity contribution in [2.45, 2.75) is 45.8 Å². The van der Waals surface area contributed by atoms with Crippen LogP contribution in [0.15, 0.2) is 18.2 Å². The van der Waals surface area contributed by atoms with Crippen molar-refractivity contribution in [3.05, 3.63) is 23.9 Å². The molecule has 0 spiro atoms. The minimum atomic E-state index is 0.413. The van der Waals surface area contributed by atoms with Crippen LogP contribution in [0, 0.1) is 0 Å². The van der Waals surface area contributed by atoms with E-state index in [2.05, 4.69) is 41.2 Å². The number of rotatable bonds is 8. The number of hydrogen-bond acceptors (Lipinski definition) is 4. The Balaban J connectivity index is 1.88. The zero-order chi connectivity index (χ0) is 14.2. The zero-order valence-electron chi connectivity index (χ0n) is 12.8. The molecule has 1 aromatic rings. The van der Waals surface area contributed by atoms with Crippen LogP contribution in [0.25, 0.3) is 0 Å². The van der Waals surface area contributed by atoms with Gasteiger partial charge in [-0.2, -0.15) is 0 Å². The van der Waals surface area contributed by atoms with E-state index in [4.69, 9.17) is 4.74 Å². The fourth-order valence-electron chi connectivity index (χ4n) is 2.53. The van der Waals surface area contributed by atoms with E-state index in [1.54, 1.807) is 0 Å². The van der Waals surface area contributed by atoms with E-state index in [0.29, 0.717) is 6.10 Å². The molecule has 1 atom stereocenters. The molecule has 2 rings (SSSR count). The summed E-state index contributed by atoms with van der Waals surface area (Å²) in [6, 6.07) is 6.23. The van der Waals surface area contributed by atoms with Crippen LogP contribution in [-0.4, -0.2) is 42.2 Å². The molecule has 4 heteroatoms. The minimum Gasteiger partial charge on any atom is -0.377 e. The van der Waals surface area contributed by atoms with E-state index in [1.807, 2.05) is 6.07 Å². The standard InChI is InChI=1S/C16H27N3O/c1-3-10-17-16-9-5-7-14(18-16)12-19(4-2)13-15-8-6-11-20-15/h5,7,9,15H,3-4,6,8,10-13H2,1-2H3,(H,17,18). The molecular weight excluding hydrogens is 250 g/mol. The van der Waals surface area contributed by atoms with Crippen molar-refractivity contribution in [2.24, 2.45) is 0 Å². The van der Waals surface area contributed by atoms with E-state index in [-0.39, 0.29) is 0 Å². The molecular formula is C16H27N3O. The Morgan fingerprint density at radius 1 is 1.40 bits per heavy atom. The Labute approximate surface area is 122 Å². The van der Waals surface area contributed by atoms with Crippen LogP contribution in [0.4, 0.5) is 5.82 Å². The molecule has 112 valence electrons. The molecule has 20 heavy (non-hydrogen) atoms. The number of anilines is 1. The summed E-state index contributed by atoms with van der Waals surface area (Å²) in [4.78, 5) is 7.10. The molecule has 1 aromatic heterocycles. The molecule has 2 heterocycles. The highest BCUT2D eigenvalue weighted by molar-refractivity contribution is 5.35. The lowest BCUT2D eigenvalue weighted by Crippen LogP contribution is -2.32. The van der Waals surface area contributed by atoms with Crippen LogP contribution < -0.4 is 5.32 Å². The molecule has 0 aliphatic carbocycles. The van der Waals surface area contributed by atoms with Gasteiger partial charge in [-0.3, -0.25) is 4.90 Å². The molecule has 0 aromatic carbocycles. The van der Waals surface area contributed by atoms with Crippen LogP contribution in [-0.2, 0) is 11.3 Å². The third-order valence-corrected chi connectivity index (χ3v) is 3.68. The molecule has 4 nitrogen and oxygen atoms in total. The minimum absolute atomic E-state index is 0.413. The first-order valence-electron chi connectivity index (χ1n) is 7.85. The molecule has 1 saturated heterocycles. The van der Waals surface area contributed by atoms with Gasteiger partial charge in [0.2, 0.25) is 0 Å². The molecule has 0 saturated carbocycles. The Morgan fingerprint density at radius 2 is 2.30 bits per heavy atom. The van der Waals surface area contributed by atoms with Gasteiger partial charge in [0.05, 0.1) is 11.8 Å². The quantitative estimate of drug-likeness (QED) is 0.793. The van der Waals surface area contributed by atoms with Crippen molar-refractivity contribution in [1.82, 2.24) is 9.88 Å². The lowest BCUT2D eigenvalue weighted by Gasteiger charge is -2.23. The zero-order valence-corrected chi connectivity index (χ0v) is 12.8. The van der Waals surface area contributed by atoms with Gasteiger partial charge in [0, 0.05) is 26.2 Å². The molecule has 1 fully saturated rings. The van der Waals surface area contributed by atoms with Crippen LogP contribution in [0.5, 0.6) is 0 Å². The number of nitrogens with zero attached hydrogens (tertiary/aromatic N) is 2. The average molecular weight is 277 g/mol. The molecule has 1 aliphatic heterocycles. The van der Waals surface area contributed by atoms with E-state index in [0.717, 1.165) is 50.7 Å². The topological polar surface area (TPSA) is 37.4 Å². The van der Waals surface area contributed by atoms with E-state index in [1.165, 1.54) is 12.8 Å². The second-order valence-corrected chi connectivity index (χ2v) is 5.40. The highest BCUT2D eigenvalue weighted by Crippen LogP contribution is 2.15. The predicted octanol–water partition coefficient (Wildman–Crippen LogP) is 2.90. The second kappa shape index (κ2) is 8.22. The third kappa shape index (κ3) is 4.76. The fraction of sp³-hybridized carbons (Fsp3) is 0.688. The van der Waals surface area contributed by atoms with Gasteiger partial charge in [-0.05, 0) is 37.9 Å². The van der Waals surface area contributed by atoms with Crippen molar-refractivity contribution in [2.75, 3.05) is 31.6 Å². The molecule has 1 aliphatic rings. The number of likely N-dealkylation sites (N-methyl/N-ethyl adjacent to an activating group) is 1. The van der Waals surface area contributed by atoms with Crippen LogP contribution >= 0.6 is 0 Å². The van der Waals surface area contributed by atoms with Crippen LogP contribution in [0.1, 0.15) is 38.8 Å². The second-order valence-electron chi connectivity index (χ2n) is 5.40. The van der Waals surface area contributed by atoms with Crippen molar-refractivity contribution < 1.29 is 4.74 Å². The van der Waals surface area contributed by atoms with Crippen molar-refractivity contribution in [3.8, 4) is 0 Å². The molecule has 0 amide bonds. The number of aromatic nitrogens is 1. The first-order valence-corrected chi connectivity index (χ1v) is 7.85. The number of hydrogen-bond donors (Lipinski definition) is 1. The van der Waals surface area contributed by atoms with Crippen molar-refractivity contribution in [3.63, 3.8) is 0 Å². The summed E-state index contributed by atoms with van der Waals surface area (Å²) in [6.07, 6.45) is 3.93. The summed E-state index contributed by atoms with van der Waals surface area (Å²) in [5.41, 5.74) is 1.13. The van der Waals surface area contributed by atoms with Crippen LogP contribution in [0.2, 0.25) is 0 Å². The monoisotopic (exact) mass is 277 g/mol. The van der Waals surface area contributed by atoms with E-state index in [9.17, 15) is 0 Å². The highest BCUT2D eigenvalue weighted by atomic mass is 16.5. The Bertz CT molecular complexity index is 391. The lowest BCUT2D eigenvalue weighted by atomic mass is 10.2. The maximum Gasteiger partial charge on any atom is 0.126 e. The van der Waals surface area contributed by atoms with Gasteiger partial charge in [0.25, 0.3) is 0 Å². The maximum atomic E-state index is 5.73. The fourth-order valence-corrected chi connectivity index (χ4v) is 2.53. The summed E-state index contributed by atoms with van der Waals surface area (Å²) in [7, 11) is 0. The van der Waals surface area contributed by atoms with Gasteiger partial charge in [-0.15, -0.1) is 0 Å². The first-order chi connectivity index (χ1) is 9.81. The summed E-state index contributed by atoms with van der Waals surface area (Å²) in [5, 5.41) is 3.34. The Morgan fingerprint density at radius 3 is 3.00 bits per heavy atom. The van der Waals surface area contributed by atoms with E-state index < -0.39 is 0 Å². The van der Waals surface area contributed by atoms with Crippen molar-refractivity contribution >= 4 is 5.82 Å². The molecule has 1 unspecified atom stereocenters. The largest absolute Gasteiger partial charge is 0.377 e. The van der Waals surface area contributed by atoms with Gasteiger partial charge in [0.15, 0.2) is 0 Å². The van der Waals surface area contributed by atoms with Gasteiger partial charge >= 0.3 is 0 Å². The summed E-state index contributed by atoms with van der Waals surface area (Å²) in [6.45, 7) is 9.23. The Kier molecular flexibility index (Phi) is 6.27. The summed E-state index contributed by atoms with van der Waals surface area (Å²) >= 11 is 0. The van der Waals surface area contributed by atoms with Gasteiger partial charge in [-0.1, -0.05) is 19.9 Å². The number of ether oxygens (including phenoxy) is 1. The first kappa shape index (κ1) is 15.3. The SMILES string of the molecule is CCCNc1cccc(CN(CC)CC2CCCO2)n1. The average Bonchev–Trinajstić information content (AvgIpc) is 2.98.